The molecule has 2 aromatic rings. The van der Waals surface area contributed by atoms with E-state index < -0.39 is 0 Å². The molecule has 0 unspecified atom stereocenters. The highest BCUT2D eigenvalue weighted by Gasteiger charge is 2.08. The van der Waals surface area contributed by atoms with Crippen molar-refractivity contribution < 1.29 is 5.11 Å². The van der Waals surface area contributed by atoms with Crippen LogP contribution in [0.3, 0.4) is 0 Å². The topological polar surface area (TPSA) is 50.9 Å². The Morgan fingerprint density at radius 2 is 1.83 bits per heavy atom. The van der Waals surface area contributed by atoms with E-state index in [1.807, 2.05) is 11.6 Å². The van der Waals surface area contributed by atoms with Crippen molar-refractivity contribution in [3.05, 3.63) is 40.7 Å². The van der Waals surface area contributed by atoms with Crippen molar-refractivity contribution in [1.29, 1.82) is 0 Å². The minimum absolute atomic E-state index is 0.0758. The third-order valence-corrected chi connectivity index (χ3v) is 3.81. The Morgan fingerprint density at radius 1 is 1.17 bits per heavy atom. The zero-order chi connectivity index (χ0) is 13.1. The summed E-state index contributed by atoms with van der Waals surface area (Å²) in [6, 6.07) is 6.53. The lowest BCUT2D eigenvalue weighted by molar-refractivity contribution is 0.266. The molecule has 0 aliphatic heterocycles. The zero-order valence-corrected chi connectivity index (χ0v) is 11.7. The molecule has 0 spiro atoms. The number of aromatic nitrogens is 3. The minimum Gasteiger partial charge on any atom is -0.388 e. The van der Waals surface area contributed by atoms with Gasteiger partial charge in [0.25, 0.3) is 0 Å². The van der Waals surface area contributed by atoms with E-state index in [-0.39, 0.29) is 6.61 Å². The quantitative estimate of drug-likeness (QED) is 0.859. The van der Waals surface area contributed by atoms with Crippen LogP contribution >= 0.6 is 11.8 Å². The van der Waals surface area contributed by atoms with E-state index in [1.54, 1.807) is 11.8 Å². The molecule has 0 saturated carbocycles. The maximum Gasteiger partial charge on any atom is 0.191 e. The van der Waals surface area contributed by atoms with Crippen molar-refractivity contribution in [2.75, 3.05) is 0 Å². The highest BCUT2D eigenvalue weighted by atomic mass is 32.2. The largest absolute Gasteiger partial charge is 0.388 e. The summed E-state index contributed by atoms with van der Waals surface area (Å²) in [6.07, 6.45) is 0. The molecule has 0 saturated heterocycles. The molecule has 0 bridgehead atoms. The van der Waals surface area contributed by atoms with Gasteiger partial charge in [0.05, 0.1) is 0 Å². The van der Waals surface area contributed by atoms with E-state index in [0.717, 1.165) is 10.9 Å². The number of aliphatic hydroxyl groups is 1. The molecule has 96 valence electrons. The smallest absolute Gasteiger partial charge is 0.191 e. The molecule has 0 aliphatic rings. The van der Waals surface area contributed by atoms with Crippen molar-refractivity contribution >= 4 is 11.8 Å². The normalized spacial score (nSPS) is 10.9. The van der Waals surface area contributed by atoms with Gasteiger partial charge in [-0.25, -0.2) is 0 Å². The molecular weight excluding hydrogens is 246 g/mol. The molecule has 1 N–H and O–H groups in total. The number of aliphatic hydroxyl groups excluding tert-OH is 1. The molecule has 0 radical (unpaired) electrons. The van der Waals surface area contributed by atoms with Crippen LogP contribution in [0.25, 0.3) is 0 Å². The first-order valence-electron chi connectivity index (χ1n) is 5.79. The molecule has 4 nitrogen and oxygen atoms in total. The van der Waals surface area contributed by atoms with Gasteiger partial charge < -0.3 is 9.67 Å². The van der Waals surface area contributed by atoms with Gasteiger partial charge in [-0.15, -0.1) is 10.2 Å². The van der Waals surface area contributed by atoms with Gasteiger partial charge in [0, 0.05) is 12.8 Å². The van der Waals surface area contributed by atoms with E-state index in [2.05, 4.69) is 42.2 Å². The van der Waals surface area contributed by atoms with Crippen LogP contribution in [0.15, 0.2) is 23.4 Å². The summed E-state index contributed by atoms with van der Waals surface area (Å²) in [5, 5.41) is 17.9. The van der Waals surface area contributed by atoms with Crippen molar-refractivity contribution in [2.45, 2.75) is 31.4 Å². The number of rotatable bonds is 4. The summed E-state index contributed by atoms with van der Waals surface area (Å²) in [7, 11) is 1.87. The maximum absolute atomic E-state index is 9.06. The Hall–Kier alpha value is -1.33. The molecular formula is C13H17N3OS. The Labute approximate surface area is 111 Å². The van der Waals surface area contributed by atoms with Gasteiger partial charge >= 0.3 is 0 Å². The van der Waals surface area contributed by atoms with Gasteiger partial charge in [-0.3, -0.25) is 0 Å². The van der Waals surface area contributed by atoms with Crippen molar-refractivity contribution in [3.63, 3.8) is 0 Å². The standard InChI is InChI=1S/C13H17N3OS/c1-9-4-10(2)6-11(5-9)8-18-13-15-14-12(7-17)16(13)3/h4-6,17H,7-8H2,1-3H3. The summed E-state index contributed by atoms with van der Waals surface area (Å²) in [4.78, 5) is 0. The van der Waals surface area contributed by atoms with Crippen LogP contribution in [-0.4, -0.2) is 19.9 Å². The first-order chi connectivity index (χ1) is 8.60. The molecule has 0 aliphatic carbocycles. The summed E-state index contributed by atoms with van der Waals surface area (Å²) in [5.74, 6) is 1.46. The van der Waals surface area contributed by atoms with Crippen LogP contribution < -0.4 is 0 Å². The lowest BCUT2D eigenvalue weighted by atomic mass is 10.1. The van der Waals surface area contributed by atoms with E-state index >= 15 is 0 Å². The van der Waals surface area contributed by atoms with Crippen LogP contribution in [0.1, 0.15) is 22.5 Å². The van der Waals surface area contributed by atoms with Gasteiger partial charge in [0.15, 0.2) is 11.0 Å². The second kappa shape index (κ2) is 5.54. The molecule has 1 heterocycles. The second-order valence-corrected chi connectivity index (χ2v) is 5.34. The fraction of sp³-hybridized carbons (Fsp3) is 0.385. The van der Waals surface area contributed by atoms with E-state index in [9.17, 15) is 0 Å². The average Bonchev–Trinajstić information content (AvgIpc) is 2.66. The molecule has 5 heteroatoms. The molecule has 1 aromatic heterocycles. The maximum atomic E-state index is 9.06. The zero-order valence-electron chi connectivity index (χ0n) is 10.8. The Morgan fingerprint density at radius 3 is 2.39 bits per heavy atom. The molecule has 0 atom stereocenters. The molecule has 1 aromatic carbocycles. The van der Waals surface area contributed by atoms with Crippen molar-refractivity contribution in [1.82, 2.24) is 14.8 Å². The minimum atomic E-state index is -0.0758. The van der Waals surface area contributed by atoms with Crippen molar-refractivity contribution in [2.24, 2.45) is 7.05 Å². The van der Waals surface area contributed by atoms with Crippen LogP contribution in [0.2, 0.25) is 0 Å². The fourth-order valence-electron chi connectivity index (χ4n) is 1.91. The lowest BCUT2D eigenvalue weighted by Crippen LogP contribution is -1.98. The van der Waals surface area contributed by atoms with Crippen molar-refractivity contribution in [3.8, 4) is 0 Å². The van der Waals surface area contributed by atoms with Gasteiger partial charge in [0.1, 0.15) is 6.61 Å². The number of aryl methyl sites for hydroxylation is 2. The van der Waals surface area contributed by atoms with Crippen LogP contribution in [0.5, 0.6) is 0 Å². The Bertz CT molecular complexity index is 531. The monoisotopic (exact) mass is 263 g/mol. The van der Waals surface area contributed by atoms with Gasteiger partial charge in [-0.05, 0) is 19.4 Å². The first kappa shape index (κ1) is 13.1. The summed E-state index contributed by atoms with van der Waals surface area (Å²) >= 11 is 1.63. The lowest BCUT2D eigenvalue weighted by Gasteiger charge is -2.05. The van der Waals surface area contributed by atoms with E-state index in [4.69, 9.17) is 5.11 Å². The summed E-state index contributed by atoms with van der Waals surface area (Å²) < 4.78 is 1.83. The Kier molecular flexibility index (Phi) is 4.04. The molecule has 0 fully saturated rings. The van der Waals surface area contributed by atoms with Crippen LogP contribution in [-0.2, 0) is 19.4 Å². The van der Waals surface area contributed by atoms with Gasteiger partial charge in [-0.2, -0.15) is 0 Å². The predicted molar refractivity (Wildman–Crippen MR) is 72.4 cm³/mol. The number of nitrogens with zero attached hydrogens (tertiary/aromatic N) is 3. The molecule has 2 rings (SSSR count). The number of hydrogen-bond acceptors (Lipinski definition) is 4. The van der Waals surface area contributed by atoms with E-state index in [1.165, 1.54) is 16.7 Å². The SMILES string of the molecule is Cc1cc(C)cc(CSc2nnc(CO)n2C)c1. The highest BCUT2D eigenvalue weighted by Crippen LogP contribution is 2.22. The molecule has 18 heavy (non-hydrogen) atoms. The second-order valence-electron chi connectivity index (χ2n) is 4.40. The number of benzene rings is 1. The summed E-state index contributed by atoms with van der Waals surface area (Å²) in [6.45, 7) is 4.13. The average molecular weight is 263 g/mol. The fourth-order valence-corrected chi connectivity index (χ4v) is 2.77. The number of thioether (sulfide) groups is 1. The highest BCUT2D eigenvalue weighted by molar-refractivity contribution is 7.98. The summed E-state index contributed by atoms with van der Waals surface area (Å²) in [5.41, 5.74) is 3.84. The first-order valence-corrected chi connectivity index (χ1v) is 6.78. The number of hydrogen-bond donors (Lipinski definition) is 1. The predicted octanol–water partition coefficient (Wildman–Crippen LogP) is 2.22. The van der Waals surface area contributed by atoms with E-state index in [0.29, 0.717) is 5.82 Å². The third kappa shape index (κ3) is 2.91. The third-order valence-electron chi connectivity index (χ3n) is 2.72. The van der Waals surface area contributed by atoms with Gasteiger partial charge in [0.2, 0.25) is 0 Å². The Balaban J connectivity index is 2.09. The molecule has 0 amide bonds. The van der Waals surface area contributed by atoms with Crippen LogP contribution in [0.4, 0.5) is 0 Å². The van der Waals surface area contributed by atoms with Crippen LogP contribution in [0, 0.1) is 13.8 Å². The van der Waals surface area contributed by atoms with Gasteiger partial charge in [-0.1, -0.05) is 41.1 Å².